The number of aliphatic hydroxyl groups is 2. The van der Waals surface area contributed by atoms with Gasteiger partial charge in [-0.15, -0.1) is 11.3 Å². The Bertz CT molecular complexity index is 452. The number of thiazole rings is 1. The van der Waals surface area contributed by atoms with E-state index in [2.05, 4.69) is 9.71 Å². The van der Waals surface area contributed by atoms with E-state index in [0.717, 1.165) is 11.3 Å². The van der Waals surface area contributed by atoms with E-state index in [1.165, 1.54) is 13.1 Å². The van der Waals surface area contributed by atoms with Crippen molar-refractivity contribution >= 4 is 21.4 Å². The third kappa shape index (κ3) is 3.49. The summed E-state index contributed by atoms with van der Waals surface area (Å²) in [5, 5.41) is 18.9. The fourth-order valence-electron chi connectivity index (χ4n) is 0.844. The van der Waals surface area contributed by atoms with Crippen molar-refractivity contribution in [3.8, 4) is 0 Å². The largest absolute Gasteiger partial charge is 0.393 e. The van der Waals surface area contributed by atoms with Gasteiger partial charge in [-0.25, -0.2) is 18.1 Å². The highest BCUT2D eigenvalue weighted by atomic mass is 32.2. The minimum atomic E-state index is -3.65. The molecule has 0 amide bonds. The maximum atomic E-state index is 11.7. The van der Waals surface area contributed by atoms with Gasteiger partial charge in [0.15, 0.2) is 4.21 Å². The second-order valence-electron chi connectivity index (χ2n) is 3.68. The summed E-state index contributed by atoms with van der Waals surface area (Å²) in [6, 6.07) is 0. The summed E-state index contributed by atoms with van der Waals surface area (Å²) >= 11 is 1.05. The van der Waals surface area contributed by atoms with Gasteiger partial charge in [0.25, 0.3) is 10.0 Å². The lowest BCUT2D eigenvalue weighted by Crippen LogP contribution is -2.43. The summed E-state index contributed by atoms with van der Waals surface area (Å²) < 4.78 is 25.7. The topological polar surface area (TPSA) is 99.5 Å². The minimum absolute atomic E-state index is 0.0961. The van der Waals surface area contributed by atoms with Crippen molar-refractivity contribution in [2.24, 2.45) is 0 Å². The Kier molecular flexibility index (Phi) is 4.02. The third-order valence-electron chi connectivity index (χ3n) is 1.85. The monoisotopic (exact) mass is 266 g/mol. The molecule has 8 heteroatoms. The summed E-state index contributed by atoms with van der Waals surface area (Å²) in [6.45, 7) is 2.28. The molecule has 1 aromatic heterocycles. The Labute approximate surface area is 98.0 Å². The van der Waals surface area contributed by atoms with Gasteiger partial charge >= 0.3 is 0 Å². The average molecular weight is 266 g/mol. The van der Waals surface area contributed by atoms with Crippen LogP contribution in [0.3, 0.4) is 0 Å². The Morgan fingerprint density at radius 3 is 2.69 bits per heavy atom. The van der Waals surface area contributed by atoms with Crippen LogP contribution >= 0.6 is 11.3 Å². The average Bonchev–Trinajstić information content (AvgIpc) is 2.63. The number of nitrogens with zero attached hydrogens (tertiary/aromatic N) is 1. The fourth-order valence-corrected chi connectivity index (χ4v) is 3.16. The number of sulfonamides is 1. The smallest absolute Gasteiger partial charge is 0.251 e. The van der Waals surface area contributed by atoms with Crippen LogP contribution in [0.2, 0.25) is 0 Å². The molecule has 0 aliphatic carbocycles. The van der Waals surface area contributed by atoms with Crippen LogP contribution in [0.4, 0.5) is 0 Å². The molecule has 0 saturated carbocycles. The molecule has 1 aromatic rings. The fraction of sp³-hybridized carbons (Fsp3) is 0.625. The van der Waals surface area contributed by atoms with Gasteiger partial charge in [-0.1, -0.05) is 0 Å². The standard InChI is InChI=1S/C8H14N2O4S2/c1-6-9-3-7(15-6)16(13,14)10-4-8(2,12)5-11/h3,10-12H,4-5H2,1-2H3. The molecule has 6 nitrogen and oxygen atoms in total. The molecule has 16 heavy (non-hydrogen) atoms. The molecular formula is C8H14N2O4S2. The summed E-state index contributed by atoms with van der Waals surface area (Å²) in [7, 11) is -3.65. The van der Waals surface area contributed by atoms with Crippen LogP contribution in [0.15, 0.2) is 10.4 Å². The first-order valence-corrected chi connectivity index (χ1v) is 6.82. The predicted molar refractivity (Wildman–Crippen MR) is 59.7 cm³/mol. The number of aliphatic hydroxyl groups excluding tert-OH is 1. The maximum absolute atomic E-state index is 11.7. The second-order valence-corrected chi connectivity index (χ2v) is 6.91. The van der Waals surface area contributed by atoms with Gasteiger partial charge in [-0.2, -0.15) is 0 Å². The molecule has 0 aromatic carbocycles. The SMILES string of the molecule is Cc1ncc(S(=O)(=O)NCC(C)(O)CO)s1. The maximum Gasteiger partial charge on any atom is 0.251 e. The molecule has 1 unspecified atom stereocenters. The Morgan fingerprint density at radius 2 is 2.25 bits per heavy atom. The zero-order chi connectivity index (χ0) is 12.4. The lowest BCUT2D eigenvalue weighted by molar-refractivity contribution is 0.00682. The van der Waals surface area contributed by atoms with Crippen LogP contribution < -0.4 is 4.72 Å². The summed E-state index contributed by atoms with van der Waals surface area (Å²) in [5.41, 5.74) is -1.47. The Hall–Kier alpha value is -0.540. The normalized spacial score (nSPS) is 16.0. The van der Waals surface area contributed by atoms with E-state index in [-0.39, 0.29) is 10.8 Å². The molecule has 0 fully saturated rings. The first-order chi connectivity index (χ1) is 7.27. The van der Waals surface area contributed by atoms with Crippen molar-refractivity contribution in [2.45, 2.75) is 23.7 Å². The van der Waals surface area contributed by atoms with E-state index in [9.17, 15) is 13.5 Å². The zero-order valence-corrected chi connectivity index (χ0v) is 10.6. The predicted octanol–water partition coefficient (Wildman–Crippen LogP) is -0.527. The van der Waals surface area contributed by atoms with Crippen molar-refractivity contribution in [1.82, 2.24) is 9.71 Å². The zero-order valence-electron chi connectivity index (χ0n) is 8.97. The van der Waals surface area contributed by atoms with Gasteiger partial charge in [0.2, 0.25) is 0 Å². The van der Waals surface area contributed by atoms with Crippen molar-refractivity contribution in [1.29, 1.82) is 0 Å². The molecule has 0 bridgehead atoms. The highest BCUT2D eigenvalue weighted by Crippen LogP contribution is 2.17. The molecule has 0 spiro atoms. The van der Waals surface area contributed by atoms with E-state index in [1.807, 2.05) is 0 Å². The van der Waals surface area contributed by atoms with Gasteiger partial charge in [-0.3, -0.25) is 0 Å². The van der Waals surface area contributed by atoms with Gasteiger partial charge in [0, 0.05) is 6.54 Å². The van der Waals surface area contributed by atoms with Crippen LogP contribution in [-0.4, -0.2) is 42.4 Å². The van der Waals surface area contributed by atoms with E-state index < -0.39 is 22.2 Å². The molecule has 3 N–H and O–H groups in total. The molecular weight excluding hydrogens is 252 g/mol. The summed E-state index contributed by atoms with van der Waals surface area (Å²) in [6.07, 6.45) is 1.26. The first-order valence-electron chi connectivity index (χ1n) is 4.52. The molecule has 0 aliphatic rings. The van der Waals surface area contributed by atoms with Crippen LogP contribution in [0.5, 0.6) is 0 Å². The molecule has 0 aliphatic heterocycles. The number of aromatic nitrogens is 1. The van der Waals surface area contributed by atoms with Crippen molar-refractivity contribution in [3.63, 3.8) is 0 Å². The summed E-state index contributed by atoms with van der Waals surface area (Å²) in [4.78, 5) is 3.83. The van der Waals surface area contributed by atoms with Crippen molar-refractivity contribution in [2.75, 3.05) is 13.2 Å². The van der Waals surface area contributed by atoms with E-state index in [1.54, 1.807) is 6.92 Å². The molecule has 1 rings (SSSR count). The Morgan fingerprint density at radius 1 is 1.62 bits per heavy atom. The number of hydrogen-bond acceptors (Lipinski definition) is 6. The number of hydrogen-bond donors (Lipinski definition) is 3. The molecule has 0 radical (unpaired) electrons. The molecule has 1 heterocycles. The lowest BCUT2D eigenvalue weighted by atomic mass is 10.1. The van der Waals surface area contributed by atoms with Crippen LogP contribution in [0, 0.1) is 6.92 Å². The van der Waals surface area contributed by atoms with E-state index in [0.29, 0.717) is 5.01 Å². The number of aryl methyl sites for hydroxylation is 1. The molecule has 1 atom stereocenters. The van der Waals surface area contributed by atoms with E-state index >= 15 is 0 Å². The number of nitrogens with one attached hydrogen (secondary N) is 1. The number of rotatable bonds is 5. The first kappa shape index (κ1) is 13.5. The van der Waals surface area contributed by atoms with Gasteiger partial charge in [0.05, 0.1) is 23.4 Å². The second kappa shape index (κ2) is 4.76. The lowest BCUT2D eigenvalue weighted by Gasteiger charge is -2.20. The molecule has 0 saturated heterocycles. The van der Waals surface area contributed by atoms with E-state index in [4.69, 9.17) is 5.11 Å². The van der Waals surface area contributed by atoms with Crippen molar-refractivity contribution in [3.05, 3.63) is 11.2 Å². The van der Waals surface area contributed by atoms with Gasteiger partial charge < -0.3 is 10.2 Å². The third-order valence-corrected chi connectivity index (χ3v) is 4.62. The molecule has 92 valence electrons. The quantitative estimate of drug-likeness (QED) is 0.665. The van der Waals surface area contributed by atoms with Crippen LogP contribution in [0.1, 0.15) is 11.9 Å². The highest BCUT2D eigenvalue weighted by molar-refractivity contribution is 7.91. The summed E-state index contributed by atoms with van der Waals surface area (Å²) in [5.74, 6) is 0. The van der Waals surface area contributed by atoms with Gasteiger partial charge in [-0.05, 0) is 13.8 Å². The van der Waals surface area contributed by atoms with Crippen LogP contribution in [0.25, 0.3) is 0 Å². The van der Waals surface area contributed by atoms with Gasteiger partial charge in [0.1, 0.15) is 0 Å². The Balaban J connectivity index is 2.74. The minimum Gasteiger partial charge on any atom is -0.393 e. The van der Waals surface area contributed by atoms with Crippen LogP contribution in [-0.2, 0) is 10.0 Å². The van der Waals surface area contributed by atoms with Crippen molar-refractivity contribution < 1.29 is 18.6 Å². The highest BCUT2D eigenvalue weighted by Gasteiger charge is 2.24.